The fourth-order valence-corrected chi connectivity index (χ4v) is 3.44. The van der Waals surface area contributed by atoms with Gasteiger partial charge in [-0.1, -0.05) is 0 Å². The van der Waals surface area contributed by atoms with E-state index in [1.54, 1.807) is 23.9 Å². The fourth-order valence-electron chi connectivity index (χ4n) is 2.67. The van der Waals surface area contributed by atoms with Gasteiger partial charge in [0, 0.05) is 49.0 Å². The SMILES string of the molecule is Cc1csc(CCNc2ncnn3cc(-c4ccnn4C)cc23)n1. The monoisotopic (exact) mass is 339 g/mol. The van der Waals surface area contributed by atoms with E-state index in [9.17, 15) is 0 Å². The first-order chi connectivity index (χ1) is 11.7. The number of thiazole rings is 1. The number of nitrogens with zero attached hydrogens (tertiary/aromatic N) is 6. The number of aryl methyl sites for hydroxylation is 2. The molecule has 0 saturated carbocycles. The Balaban J connectivity index is 1.57. The number of aromatic nitrogens is 6. The minimum absolute atomic E-state index is 0.784. The van der Waals surface area contributed by atoms with Crippen LogP contribution in [0, 0.1) is 6.92 Å². The van der Waals surface area contributed by atoms with Gasteiger partial charge in [0.05, 0.1) is 10.7 Å². The van der Waals surface area contributed by atoms with Gasteiger partial charge in [0.15, 0.2) is 5.82 Å². The van der Waals surface area contributed by atoms with E-state index in [-0.39, 0.29) is 0 Å². The van der Waals surface area contributed by atoms with Crippen molar-refractivity contribution in [3.8, 4) is 11.3 Å². The lowest BCUT2D eigenvalue weighted by Gasteiger charge is -2.05. The number of anilines is 1. The summed E-state index contributed by atoms with van der Waals surface area (Å²) in [5, 5.41) is 15.1. The maximum absolute atomic E-state index is 4.48. The zero-order chi connectivity index (χ0) is 16.5. The Hall–Kier alpha value is -2.74. The maximum Gasteiger partial charge on any atom is 0.153 e. The van der Waals surface area contributed by atoms with Crippen molar-refractivity contribution in [2.24, 2.45) is 7.05 Å². The molecule has 0 bridgehead atoms. The molecule has 122 valence electrons. The molecular weight excluding hydrogens is 322 g/mol. The lowest BCUT2D eigenvalue weighted by atomic mass is 10.2. The van der Waals surface area contributed by atoms with Crippen LogP contribution in [0.5, 0.6) is 0 Å². The highest BCUT2D eigenvalue weighted by molar-refractivity contribution is 7.09. The van der Waals surface area contributed by atoms with Crippen LogP contribution in [0.4, 0.5) is 5.82 Å². The molecule has 4 heterocycles. The van der Waals surface area contributed by atoms with Crippen LogP contribution in [0.3, 0.4) is 0 Å². The lowest BCUT2D eigenvalue weighted by Crippen LogP contribution is -2.08. The molecule has 4 rings (SSSR count). The van der Waals surface area contributed by atoms with Crippen molar-refractivity contribution < 1.29 is 0 Å². The third-order valence-corrected chi connectivity index (χ3v) is 4.85. The predicted molar refractivity (Wildman–Crippen MR) is 94.2 cm³/mol. The van der Waals surface area contributed by atoms with Crippen LogP contribution in [0.25, 0.3) is 16.8 Å². The quantitative estimate of drug-likeness (QED) is 0.605. The number of nitrogens with one attached hydrogen (secondary N) is 1. The number of hydrogen-bond acceptors (Lipinski definition) is 6. The van der Waals surface area contributed by atoms with Gasteiger partial charge in [0.1, 0.15) is 11.8 Å². The van der Waals surface area contributed by atoms with Crippen LogP contribution in [0.15, 0.2) is 36.2 Å². The van der Waals surface area contributed by atoms with Crippen molar-refractivity contribution >= 4 is 22.7 Å². The second-order valence-corrected chi connectivity index (χ2v) is 6.51. The topological polar surface area (TPSA) is 72.9 Å². The second-order valence-electron chi connectivity index (χ2n) is 5.57. The van der Waals surface area contributed by atoms with E-state index in [1.807, 2.05) is 35.4 Å². The Bertz CT molecular complexity index is 981. The molecular formula is C16H17N7S. The summed E-state index contributed by atoms with van der Waals surface area (Å²) in [6.07, 6.45) is 6.22. The molecule has 0 unspecified atom stereocenters. The Kier molecular flexibility index (Phi) is 3.73. The summed E-state index contributed by atoms with van der Waals surface area (Å²) in [6, 6.07) is 4.06. The largest absolute Gasteiger partial charge is 0.368 e. The Morgan fingerprint density at radius 3 is 2.96 bits per heavy atom. The number of hydrogen-bond donors (Lipinski definition) is 1. The lowest BCUT2D eigenvalue weighted by molar-refractivity contribution is 0.775. The molecule has 0 spiro atoms. The summed E-state index contributed by atoms with van der Waals surface area (Å²) in [4.78, 5) is 8.86. The second kappa shape index (κ2) is 6.04. The van der Waals surface area contributed by atoms with Gasteiger partial charge in [-0.15, -0.1) is 11.3 Å². The average molecular weight is 339 g/mol. The van der Waals surface area contributed by atoms with E-state index in [1.165, 1.54) is 0 Å². The molecule has 0 aromatic carbocycles. The van der Waals surface area contributed by atoms with E-state index in [4.69, 9.17) is 0 Å². The normalized spacial score (nSPS) is 11.2. The molecule has 0 aliphatic carbocycles. The van der Waals surface area contributed by atoms with Gasteiger partial charge in [-0.3, -0.25) is 4.68 Å². The molecule has 0 fully saturated rings. The summed E-state index contributed by atoms with van der Waals surface area (Å²) in [5.74, 6) is 0.826. The van der Waals surface area contributed by atoms with Crippen LogP contribution < -0.4 is 5.32 Å². The fraction of sp³-hybridized carbons (Fsp3) is 0.250. The van der Waals surface area contributed by atoms with E-state index >= 15 is 0 Å². The molecule has 0 saturated heterocycles. The van der Waals surface area contributed by atoms with Gasteiger partial charge in [0.25, 0.3) is 0 Å². The highest BCUT2D eigenvalue weighted by atomic mass is 32.1. The Labute approximate surface area is 143 Å². The molecule has 24 heavy (non-hydrogen) atoms. The standard InChI is InChI=1S/C16H17N7S/c1-11-9-24-15(21-11)4-5-17-16-14-7-12(8-23(14)20-10-18-16)13-3-6-19-22(13)2/h3,6-10H,4-5H2,1-2H3,(H,17,18,20). The van der Waals surface area contributed by atoms with Gasteiger partial charge >= 0.3 is 0 Å². The highest BCUT2D eigenvalue weighted by Crippen LogP contribution is 2.24. The number of fused-ring (bicyclic) bond motifs is 1. The molecule has 4 aromatic rings. The van der Waals surface area contributed by atoms with Crippen molar-refractivity contribution in [1.82, 2.24) is 29.4 Å². The summed E-state index contributed by atoms with van der Waals surface area (Å²) in [7, 11) is 1.93. The minimum Gasteiger partial charge on any atom is -0.368 e. The van der Waals surface area contributed by atoms with E-state index < -0.39 is 0 Å². The number of rotatable bonds is 5. The van der Waals surface area contributed by atoms with Crippen molar-refractivity contribution in [2.75, 3.05) is 11.9 Å². The van der Waals surface area contributed by atoms with Crippen molar-refractivity contribution in [2.45, 2.75) is 13.3 Å². The summed E-state index contributed by atoms with van der Waals surface area (Å²) in [5.41, 5.74) is 4.13. The van der Waals surface area contributed by atoms with Gasteiger partial charge in [0.2, 0.25) is 0 Å². The van der Waals surface area contributed by atoms with Crippen LogP contribution in [-0.4, -0.2) is 35.9 Å². The third kappa shape index (κ3) is 2.76. The highest BCUT2D eigenvalue weighted by Gasteiger charge is 2.10. The van der Waals surface area contributed by atoms with Gasteiger partial charge in [-0.25, -0.2) is 14.5 Å². The van der Waals surface area contributed by atoms with Crippen molar-refractivity contribution in [3.63, 3.8) is 0 Å². The molecule has 0 atom stereocenters. The molecule has 8 heteroatoms. The van der Waals surface area contributed by atoms with E-state index in [2.05, 4.69) is 36.9 Å². The molecule has 0 radical (unpaired) electrons. The molecule has 0 aliphatic rings. The van der Waals surface area contributed by atoms with Crippen molar-refractivity contribution in [3.05, 3.63) is 46.9 Å². The van der Waals surface area contributed by atoms with Crippen LogP contribution in [-0.2, 0) is 13.5 Å². The Morgan fingerprint density at radius 2 is 2.21 bits per heavy atom. The minimum atomic E-state index is 0.784. The smallest absolute Gasteiger partial charge is 0.153 e. The summed E-state index contributed by atoms with van der Waals surface area (Å²) < 4.78 is 3.69. The van der Waals surface area contributed by atoms with Crippen LogP contribution in [0.1, 0.15) is 10.7 Å². The first-order valence-corrected chi connectivity index (χ1v) is 8.55. The molecule has 0 aliphatic heterocycles. The zero-order valence-electron chi connectivity index (χ0n) is 13.5. The molecule has 7 nitrogen and oxygen atoms in total. The first-order valence-electron chi connectivity index (χ1n) is 7.67. The third-order valence-electron chi connectivity index (χ3n) is 3.82. The van der Waals surface area contributed by atoms with Gasteiger partial charge < -0.3 is 5.32 Å². The maximum atomic E-state index is 4.48. The predicted octanol–water partition coefficient (Wildman–Crippen LogP) is 2.55. The van der Waals surface area contributed by atoms with E-state index in [0.29, 0.717) is 0 Å². The molecule has 0 amide bonds. The molecule has 1 N–H and O–H groups in total. The van der Waals surface area contributed by atoms with E-state index in [0.717, 1.165) is 46.3 Å². The first kappa shape index (κ1) is 14.8. The van der Waals surface area contributed by atoms with Gasteiger partial charge in [-0.2, -0.15) is 10.2 Å². The Morgan fingerprint density at radius 1 is 1.29 bits per heavy atom. The average Bonchev–Trinajstić information content (AvgIpc) is 3.27. The summed E-state index contributed by atoms with van der Waals surface area (Å²) in [6.45, 7) is 2.80. The molecule has 4 aromatic heterocycles. The van der Waals surface area contributed by atoms with Crippen molar-refractivity contribution in [1.29, 1.82) is 0 Å². The van der Waals surface area contributed by atoms with Gasteiger partial charge in [-0.05, 0) is 19.1 Å². The summed E-state index contributed by atoms with van der Waals surface area (Å²) >= 11 is 1.69. The van der Waals surface area contributed by atoms with Crippen LogP contribution >= 0.6 is 11.3 Å². The van der Waals surface area contributed by atoms with Crippen LogP contribution in [0.2, 0.25) is 0 Å². The zero-order valence-corrected chi connectivity index (χ0v) is 14.3.